The topological polar surface area (TPSA) is 92.9 Å². The summed E-state index contributed by atoms with van der Waals surface area (Å²) in [4.78, 5) is 15.6. The van der Waals surface area contributed by atoms with Crippen LogP contribution in [0.25, 0.3) is 33.8 Å². The summed E-state index contributed by atoms with van der Waals surface area (Å²) in [5.41, 5.74) is 6.75. The van der Waals surface area contributed by atoms with Gasteiger partial charge in [-0.2, -0.15) is 10.2 Å². The Kier molecular flexibility index (Phi) is 10.5. The predicted octanol–water partition coefficient (Wildman–Crippen LogP) is 6.27. The lowest BCUT2D eigenvalue weighted by Gasteiger charge is -2.26. The molecule has 1 aliphatic rings. The summed E-state index contributed by atoms with van der Waals surface area (Å²) in [5, 5.41) is 10.2. The van der Waals surface area contributed by atoms with Gasteiger partial charge in [0.25, 0.3) is 5.56 Å². The minimum Gasteiger partial charge on any atom is -0.497 e. The number of aromatic nitrogens is 4. The zero-order valence-electron chi connectivity index (χ0n) is 28.9. The summed E-state index contributed by atoms with van der Waals surface area (Å²) in [6, 6.07) is 37.2. The Labute approximate surface area is 297 Å². The third kappa shape index (κ3) is 8.03. The highest BCUT2D eigenvalue weighted by Gasteiger charge is 2.24. The molecule has 3 heterocycles. The number of ether oxygens (including phenoxy) is 4. The van der Waals surface area contributed by atoms with Gasteiger partial charge in [-0.15, -0.1) is 0 Å². The molecule has 0 bridgehead atoms. The lowest BCUT2D eigenvalue weighted by atomic mass is 9.98. The number of nitrogens with zero attached hydrogens (tertiary/aromatic N) is 5. The Morgan fingerprint density at radius 2 is 1.31 bits per heavy atom. The van der Waals surface area contributed by atoms with Gasteiger partial charge in [-0.3, -0.25) is 14.4 Å². The smallest absolute Gasteiger partial charge is 0.267 e. The maximum absolute atomic E-state index is 13.2. The van der Waals surface area contributed by atoms with E-state index in [0.29, 0.717) is 25.4 Å². The first-order valence-corrected chi connectivity index (χ1v) is 17.1. The Morgan fingerprint density at radius 1 is 0.667 bits per heavy atom. The van der Waals surface area contributed by atoms with Crippen molar-refractivity contribution in [3.05, 3.63) is 137 Å². The number of hydrogen-bond donors (Lipinski definition) is 0. The number of hydrogen-bond acceptors (Lipinski definition) is 8. The first-order chi connectivity index (χ1) is 25.1. The molecule has 0 saturated carbocycles. The monoisotopic (exact) mass is 683 g/mol. The molecule has 1 saturated heterocycles. The number of rotatable bonds is 13. The third-order valence-electron chi connectivity index (χ3n) is 8.99. The summed E-state index contributed by atoms with van der Waals surface area (Å²) >= 11 is 0. The van der Waals surface area contributed by atoms with Crippen LogP contribution in [-0.2, 0) is 17.8 Å². The third-order valence-corrected chi connectivity index (χ3v) is 8.99. The lowest BCUT2D eigenvalue weighted by molar-refractivity contribution is 0.0322. The SMILES string of the molecule is COc1ccc(Cn2nc(-c3ccccc3)c(-c3ccc(=O)n(Cc4ccc(OC)cc4)n3)c2-c2cccc(OCCN3CCOCC3)c2)cc1. The van der Waals surface area contributed by atoms with Gasteiger partial charge < -0.3 is 18.9 Å². The van der Waals surface area contributed by atoms with E-state index in [1.54, 1.807) is 26.4 Å². The van der Waals surface area contributed by atoms with Crippen molar-refractivity contribution in [2.45, 2.75) is 13.1 Å². The van der Waals surface area contributed by atoms with Gasteiger partial charge in [-0.25, -0.2) is 4.68 Å². The normalized spacial score (nSPS) is 13.2. The molecular formula is C41H41N5O5. The zero-order chi connectivity index (χ0) is 35.0. The molecule has 51 heavy (non-hydrogen) atoms. The van der Waals surface area contributed by atoms with E-state index < -0.39 is 0 Å². The van der Waals surface area contributed by atoms with Crippen molar-refractivity contribution in [2.24, 2.45) is 0 Å². The Morgan fingerprint density at radius 3 is 1.98 bits per heavy atom. The van der Waals surface area contributed by atoms with Gasteiger partial charge >= 0.3 is 0 Å². The second-order valence-electron chi connectivity index (χ2n) is 12.3. The fraction of sp³-hybridized carbons (Fsp3) is 0.244. The quantitative estimate of drug-likeness (QED) is 0.141. The highest BCUT2D eigenvalue weighted by Crippen LogP contribution is 2.40. The molecule has 0 N–H and O–H groups in total. The second kappa shape index (κ2) is 15.9. The summed E-state index contributed by atoms with van der Waals surface area (Å²) < 4.78 is 26.1. The molecule has 10 heteroatoms. The van der Waals surface area contributed by atoms with Gasteiger partial charge in [0.2, 0.25) is 0 Å². The van der Waals surface area contributed by atoms with Crippen LogP contribution in [0.2, 0.25) is 0 Å². The Hall–Kier alpha value is -5.71. The lowest BCUT2D eigenvalue weighted by Crippen LogP contribution is -2.38. The fourth-order valence-corrected chi connectivity index (χ4v) is 6.26. The molecule has 0 spiro atoms. The Bertz CT molecular complexity index is 2100. The molecule has 4 aromatic carbocycles. The maximum Gasteiger partial charge on any atom is 0.267 e. The van der Waals surface area contributed by atoms with Crippen molar-refractivity contribution in [1.82, 2.24) is 24.5 Å². The minimum atomic E-state index is -0.196. The molecular weight excluding hydrogens is 642 g/mol. The first-order valence-electron chi connectivity index (χ1n) is 17.1. The van der Waals surface area contributed by atoms with Crippen LogP contribution >= 0.6 is 0 Å². The molecule has 0 amide bonds. The van der Waals surface area contributed by atoms with Crippen LogP contribution in [0.4, 0.5) is 0 Å². The van der Waals surface area contributed by atoms with E-state index in [0.717, 1.165) is 89.3 Å². The summed E-state index contributed by atoms with van der Waals surface area (Å²) in [5.74, 6) is 2.31. The van der Waals surface area contributed by atoms with E-state index in [1.165, 1.54) is 4.68 Å². The molecule has 0 radical (unpaired) electrons. The van der Waals surface area contributed by atoms with Crippen LogP contribution in [0.5, 0.6) is 17.2 Å². The Balaban J connectivity index is 1.34. The zero-order valence-corrected chi connectivity index (χ0v) is 28.9. The van der Waals surface area contributed by atoms with E-state index >= 15 is 0 Å². The molecule has 7 rings (SSSR count). The van der Waals surface area contributed by atoms with Crippen molar-refractivity contribution >= 4 is 0 Å². The standard InChI is InChI=1S/C41H41N5O5/c1-48-34-15-11-30(12-16-34)28-45-38(47)20-19-37(42-45)39-40(32-7-4-3-5-8-32)43-46(29-31-13-17-35(49-2)18-14-31)41(39)33-9-6-10-36(27-33)51-26-23-44-21-24-50-25-22-44/h3-20,27H,21-26,28-29H2,1-2H3. The average molecular weight is 684 g/mol. The van der Waals surface area contributed by atoms with Gasteiger partial charge in [0, 0.05) is 36.8 Å². The molecule has 1 fully saturated rings. The molecule has 10 nitrogen and oxygen atoms in total. The van der Waals surface area contributed by atoms with Crippen LogP contribution in [-0.4, -0.2) is 78.1 Å². The van der Waals surface area contributed by atoms with Crippen molar-refractivity contribution < 1.29 is 18.9 Å². The highest BCUT2D eigenvalue weighted by atomic mass is 16.5. The highest BCUT2D eigenvalue weighted by molar-refractivity contribution is 5.90. The predicted molar refractivity (Wildman–Crippen MR) is 198 cm³/mol. The van der Waals surface area contributed by atoms with E-state index in [4.69, 9.17) is 29.1 Å². The van der Waals surface area contributed by atoms with Crippen LogP contribution in [0, 0.1) is 0 Å². The molecule has 1 aliphatic heterocycles. The summed E-state index contributed by atoms with van der Waals surface area (Å²) in [6.45, 7) is 5.51. The van der Waals surface area contributed by atoms with E-state index in [9.17, 15) is 4.79 Å². The van der Waals surface area contributed by atoms with E-state index in [-0.39, 0.29) is 5.56 Å². The summed E-state index contributed by atoms with van der Waals surface area (Å²) in [7, 11) is 3.30. The number of methoxy groups -OCH3 is 2. The van der Waals surface area contributed by atoms with Crippen LogP contribution < -0.4 is 19.8 Å². The molecule has 6 aromatic rings. The van der Waals surface area contributed by atoms with Crippen LogP contribution in [0.1, 0.15) is 11.1 Å². The first kappa shape index (κ1) is 33.8. The molecule has 0 aliphatic carbocycles. The number of benzene rings is 4. The summed E-state index contributed by atoms with van der Waals surface area (Å²) in [6.07, 6.45) is 0. The molecule has 0 unspecified atom stereocenters. The van der Waals surface area contributed by atoms with E-state index in [1.807, 2.05) is 95.7 Å². The van der Waals surface area contributed by atoms with Crippen LogP contribution in [0.15, 0.2) is 120 Å². The van der Waals surface area contributed by atoms with Gasteiger partial charge in [0.15, 0.2) is 0 Å². The number of morpholine rings is 1. The van der Waals surface area contributed by atoms with Crippen molar-refractivity contribution in [3.8, 4) is 51.0 Å². The van der Waals surface area contributed by atoms with E-state index in [2.05, 4.69) is 17.0 Å². The van der Waals surface area contributed by atoms with Crippen molar-refractivity contribution in [2.75, 3.05) is 53.7 Å². The second-order valence-corrected chi connectivity index (χ2v) is 12.3. The molecule has 0 atom stereocenters. The molecule has 2 aromatic heterocycles. The van der Waals surface area contributed by atoms with Gasteiger partial charge in [-0.05, 0) is 53.6 Å². The fourth-order valence-electron chi connectivity index (χ4n) is 6.26. The van der Waals surface area contributed by atoms with Crippen LogP contribution in [0.3, 0.4) is 0 Å². The van der Waals surface area contributed by atoms with Gasteiger partial charge in [-0.1, -0.05) is 66.7 Å². The maximum atomic E-state index is 13.2. The largest absolute Gasteiger partial charge is 0.497 e. The average Bonchev–Trinajstić information content (AvgIpc) is 3.56. The van der Waals surface area contributed by atoms with Gasteiger partial charge in [0.05, 0.1) is 57.5 Å². The van der Waals surface area contributed by atoms with Gasteiger partial charge in [0.1, 0.15) is 29.5 Å². The van der Waals surface area contributed by atoms with Crippen molar-refractivity contribution in [1.29, 1.82) is 0 Å². The van der Waals surface area contributed by atoms with Crippen molar-refractivity contribution in [3.63, 3.8) is 0 Å². The molecule has 260 valence electrons. The minimum absolute atomic E-state index is 0.196.